The topological polar surface area (TPSA) is 35.2 Å². The third-order valence-corrected chi connectivity index (χ3v) is 3.00. The van der Waals surface area contributed by atoms with Gasteiger partial charge in [0.1, 0.15) is 5.75 Å². The largest absolute Gasteiger partial charge is 0.494 e. The lowest BCUT2D eigenvalue weighted by atomic mass is 10.1. The molecule has 0 spiro atoms. The van der Waals surface area contributed by atoms with Gasteiger partial charge >= 0.3 is 0 Å². The summed E-state index contributed by atoms with van der Waals surface area (Å²) in [7, 11) is 0. The van der Waals surface area contributed by atoms with Crippen molar-refractivity contribution >= 4 is 0 Å². The van der Waals surface area contributed by atoms with E-state index in [1.807, 2.05) is 19.1 Å². The van der Waals surface area contributed by atoms with Crippen molar-refractivity contribution in [2.45, 2.75) is 58.4 Å². The lowest BCUT2D eigenvalue weighted by molar-refractivity contribution is 0.304. The molecule has 0 heterocycles. The molecule has 102 valence electrons. The minimum absolute atomic E-state index is 0.218. The van der Waals surface area contributed by atoms with Crippen molar-refractivity contribution in [3.8, 4) is 5.75 Å². The Kier molecular flexibility index (Phi) is 7.51. The summed E-state index contributed by atoms with van der Waals surface area (Å²) < 4.78 is 5.71. The van der Waals surface area contributed by atoms with E-state index < -0.39 is 0 Å². The van der Waals surface area contributed by atoms with Crippen molar-refractivity contribution in [3.05, 3.63) is 29.8 Å². The Labute approximate surface area is 112 Å². The molecule has 2 nitrogen and oxygen atoms in total. The summed E-state index contributed by atoms with van der Waals surface area (Å²) in [5.41, 5.74) is 7.05. The maximum Gasteiger partial charge on any atom is 0.119 e. The molecule has 1 unspecified atom stereocenters. The molecular formula is C16H27NO. The highest BCUT2D eigenvalue weighted by Crippen LogP contribution is 2.14. The van der Waals surface area contributed by atoms with E-state index in [1.54, 1.807) is 0 Å². The van der Waals surface area contributed by atoms with Crippen LogP contribution in [0, 0.1) is 0 Å². The molecule has 0 bridgehead atoms. The van der Waals surface area contributed by atoms with E-state index in [0.29, 0.717) is 0 Å². The fraction of sp³-hybridized carbons (Fsp3) is 0.625. The van der Waals surface area contributed by atoms with Gasteiger partial charge in [-0.25, -0.2) is 0 Å². The van der Waals surface area contributed by atoms with Crippen LogP contribution >= 0.6 is 0 Å². The normalized spacial score (nSPS) is 12.4. The number of hydrogen-bond donors (Lipinski definition) is 1. The summed E-state index contributed by atoms with van der Waals surface area (Å²) >= 11 is 0. The van der Waals surface area contributed by atoms with E-state index in [1.165, 1.54) is 31.2 Å². The van der Waals surface area contributed by atoms with Crippen molar-refractivity contribution in [1.82, 2.24) is 0 Å². The average Bonchev–Trinajstić information content (AvgIpc) is 2.35. The highest BCUT2D eigenvalue weighted by molar-refractivity contribution is 5.27. The summed E-state index contributed by atoms with van der Waals surface area (Å²) in [6.07, 6.45) is 7.32. The summed E-state index contributed by atoms with van der Waals surface area (Å²) in [5.74, 6) is 0.971. The fourth-order valence-electron chi connectivity index (χ4n) is 1.99. The number of rotatable bonds is 9. The predicted molar refractivity (Wildman–Crippen MR) is 78.0 cm³/mol. The summed E-state index contributed by atoms with van der Waals surface area (Å²) in [6, 6.07) is 8.52. The molecule has 0 aromatic heterocycles. The van der Waals surface area contributed by atoms with Gasteiger partial charge in [-0.2, -0.15) is 0 Å². The molecule has 0 fully saturated rings. The van der Waals surface area contributed by atoms with Gasteiger partial charge in [-0.3, -0.25) is 0 Å². The van der Waals surface area contributed by atoms with Gasteiger partial charge in [-0.1, -0.05) is 44.7 Å². The van der Waals surface area contributed by atoms with Gasteiger partial charge in [-0.15, -0.1) is 0 Å². The quantitative estimate of drug-likeness (QED) is 0.673. The monoisotopic (exact) mass is 249 g/mol. The maximum atomic E-state index is 5.77. The van der Waals surface area contributed by atoms with Gasteiger partial charge in [0.15, 0.2) is 0 Å². The third-order valence-electron chi connectivity index (χ3n) is 3.00. The molecule has 0 saturated carbocycles. The smallest absolute Gasteiger partial charge is 0.119 e. The molecule has 1 aromatic rings. The van der Waals surface area contributed by atoms with Gasteiger partial charge in [-0.05, 0) is 37.5 Å². The second kappa shape index (κ2) is 8.98. The Hall–Kier alpha value is -1.02. The molecule has 0 saturated heterocycles. The molecule has 0 aliphatic carbocycles. The van der Waals surface area contributed by atoms with Crippen molar-refractivity contribution in [3.63, 3.8) is 0 Å². The van der Waals surface area contributed by atoms with Crippen LogP contribution in [0.2, 0.25) is 0 Å². The molecule has 1 atom stereocenters. The summed E-state index contributed by atoms with van der Waals surface area (Å²) in [4.78, 5) is 0. The predicted octanol–water partition coefficient (Wildman–Crippen LogP) is 3.93. The zero-order chi connectivity index (χ0) is 13.2. The molecule has 2 N–H and O–H groups in total. The molecule has 0 radical (unpaired) electrons. The van der Waals surface area contributed by atoms with Crippen LogP contribution in [0.25, 0.3) is 0 Å². The molecule has 0 aliphatic heterocycles. The summed E-state index contributed by atoms with van der Waals surface area (Å²) in [6.45, 7) is 5.09. The van der Waals surface area contributed by atoms with Crippen LogP contribution in [0.1, 0.15) is 51.5 Å². The maximum absolute atomic E-state index is 5.77. The van der Waals surface area contributed by atoms with Gasteiger partial charge < -0.3 is 10.5 Å². The third kappa shape index (κ3) is 6.65. The van der Waals surface area contributed by atoms with Gasteiger partial charge in [0.25, 0.3) is 0 Å². The minimum atomic E-state index is 0.218. The van der Waals surface area contributed by atoms with E-state index in [0.717, 1.165) is 25.2 Å². The van der Waals surface area contributed by atoms with Crippen LogP contribution in [0.3, 0.4) is 0 Å². The van der Waals surface area contributed by atoms with Crippen LogP contribution in [-0.2, 0) is 6.42 Å². The van der Waals surface area contributed by atoms with E-state index in [-0.39, 0.29) is 6.04 Å². The lowest BCUT2D eigenvalue weighted by Crippen LogP contribution is -2.17. The number of hydrogen-bond acceptors (Lipinski definition) is 2. The Morgan fingerprint density at radius 3 is 2.33 bits per heavy atom. The van der Waals surface area contributed by atoms with E-state index in [4.69, 9.17) is 10.5 Å². The SMILES string of the molecule is CCCCCCCOc1ccc(CC(C)N)cc1. The lowest BCUT2D eigenvalue weighted by Gasteiger charge is -2.08. The van der Waals surface area contributed by atoms with Crippen molar-refractivity contribution < 1.29 is 4.74 Å². The summed E-state index contributed by atoms with van der Waals surface area (Å²) in [5, 5.41) is 0. The Morgan fingerprint density at radius 1 is 1.06 bits per heavy atom. The van der Waals surface area contributed by atoms with Crippen molar-refractivity contribution in [2.75, 3.05) is 6.61 Å². The van der Waals surface area contributed by atoms with Crippen LogP contribution in [0.5, 0.6) is 5.75 Å². The highest BCUT2D eigenvalue weighted by Gasteiger charge is 1.99. The first-order chi connectivity index (χ1) is 8.72. The molecule has 2 heteroatoms. The Bertz CT molecular complexity index is 305. The highest BCUT2D eigenvalue weighted by atomic mass is 16.5. The molecular weight excluding hydrogens is 222 g/mol. The first kappa shape index (κ1) is 15.0. The zero-order valence-corrected chi connectivity index (χ0v) is 11.8. The first-order valence-electron chi connectivity index (χ1n) is 7.19. The minimum Gasteiger partial charge on any atom is -0.494 e. The van der Waals surface area contributed by atoms with Crippen LogP contribution in [0.15, 0.2) is 24.3 Å². The molecule has 0 amide bonds. The Balaban J connectivity index is 2.18. The number of nitrogens with two attached hydrogens (primary N) is 1. The van der Waals surface area contributed by atoms with Crippen LogP contribution in [-0.4, -0.2) is 12.6 Å². The second-order valence-corrected chi connectivity index (χ2v) is 5.09. The molecule has 1 rings (SSSR count). The van der Waals surface area contributed by atoms with E-state index in [9.17, 15) is 0 Å². The van der Waals surface area contributed by atoms with Crippen LogP contribution in [0.4, 0.5) is 0 Å². The van der Waals surface area contributed by atoms with E-state index >= 15 is 0 Å². The van der Waals surface area contributed by atoms with Gasteiger partial charge in [0, 0.05) is 6.04 Å². The number of unbranched alkanes of at least 4 members (excludes halogenated alkanes) is 4. The number of ether oxygens (including phenoxy) is 1. The zero-order valence-electron chi connectivity index (χ0n) is 11.8. The average molecular weight is 249 g/mol. The first-order valence-corrected chi connectivity index (χ1v) is 7.19. The van der Waals surface area contributed by atoms with Gasteiger partial charge in [0.2, 0.25) is 0 Å². The fourth-order valence-corrected chi connectivity index (χ4v) is 1.99. The standard InChI is InChI=1S/C16H27NO/c1-3-4-5-6-7-12-18-16-10-8-15(9-11-16)13-14(2)17/h8-11,14H,3-7,12-13,17H2,1-2H3. The molecule has 18 heavy (non-hydrogen) atoms. The number of benzene rings is 1. The van der Waals surface area contributed by atoms with Gasteiger partial charge in [0.05, 0.1) is 6.61 Å². The van der Waals surface area contributed by atoms with Crippen LogP contribution < -0.4 is 10.5 Å². The van der Waals surface area contributed by atoms with Crippen molar-refractivity contribution in [1.29, 1.82) is 0 Å². The second-order valence-electron chi connectivity index (χ2n) is 5.09. The molecule has 0 aliphatic rings. The Morgan fingerprint density at radius 2 is 1.72 bits per heavy atom. The van der Waals surface area contributed by atoms with Crippen molar-refractivity contribution in [2.24, 2.45) is 5.73 Å². The molecule has 1 aromatic carbocycles. The van der Waals surface area contributed by atoms with E-state index in [2.05, 4.69) is 19.1 Å².